The number of carbonyl (C=O) groups excluding carboxylic acids is 2. The van der Waals surface area contributed by atoms with E-state index in [0.29, 0.717) is 0 Å². The molecular weight excluding hydrogens is 719 g/mol. The van der Waals surface area contributed by atoms with Crippen LogP contribution in [0.5, 0.6) is 0 Å². The number of aliphatic hydroxyl groups is 4. The summed E-state index contributed by atoms with van der Waals surface area (Å²) in [7, 11) is 0. The van der Waals surface area contributed by atoms with E-state index < -0.39 is 47.8 Å². The van der Waals surface area contributed by atoms with Crippen LogP contribution in [0.4, 0.5) is 5.69 Å². The van der Waals surface area contributed by atoms with E-state index in [4.69, 9.17) is 10.2 Å². The zero-order valence-corrected chi connectivity index (χ0v) is 20.5. The van der Waals surface area contributed by atoms with E-state index in [0.717, 1.165) is 0 Å². The number of nitrogens with one attached hydrogen (secondary N) is 2. The summed E-state index contributed by atoms with van der Waals surface area (Å²) in [5.41, 5.74) is -0.667. The van der Waals surface area contributed by atoms with Crippen LogP contribution in [-0.2, 0) is 0 Å². The second-order valence-corrected chi connectivity index (χ2v) is 8.63. The van der Waals surface area contributed by atoms with E-state index in [1.807, 2.05) is 0 Å². The van der Waals surface area contributed by atoms with E-state index in [9.17, 15) is 29.9 Å². The lowest BCUT2D eigenvalue weighted by Crippen LogP contribution is -2.37. The second kappa shape index (κ2) is 11.7. The molecule has 0 aliphatic rings. The number of carbonyl (C=O) groups is 2. The Hall–Kier alpha value is -0.410. The van der Waals surface area contributed by atoms with Gasteiger partial charge < -0.3 is 31.1 Å². The van der Waals surface area contributed by atoms with Gasteiger partial charge in [-0.25, -0.2) is 0 Å². The zero-order chi connectivity index (χ0) is 21.6. The Morgan fingerprint density at radius 1 is 0.893 bits per heavy atom. The molecule has 0 fully saturated rings. The number of nitro benzene ring substituents is 1. The molecule has 0 heterocycles. The predicted octanol–water partition coefficient (Wildman–Crippen LogP) is -0.425. The van der Waals surface area contributed by atoms with Gasteiger partial charge in [-0.1, -0.05) is 0 Å². The summed E-state index contributed by atoms with van der Waals surface area (Å²) in [6.07, 6.45) is -2.42. The number of hydrogen-bond donors (Lipinski definition) is 6. The first-order valence-electron chi connectivity index (χ1n) is 7.55. The standard InChI is InChI=1S/C14H16I3N3O8/c15-9-7(13(25)18-1-5(23)3-21)10(16)12(20(27)28)11(17)8(9)14(26)19-2-6(24)4-22/h5-6,21-24H,1-4H2,(H,18,25)(H,19,26). The average molecular weight is 735 g/mol. The second-order valence-electron chi connectivity index (χ2n) is 5.39. The summed E-state index contributed by atoms with van der Waals surface area (Å²) in [6.45, 7) is -1.73. The molecule has 0 aromatic heterocycles. The number of hydrogen-bond acceptors (Lipinski definition) is 8. The molecule has 0 bridgehead atoms. The molecule has 0 aliphatic heterocycles. The molecule has 2 amide bonds. The molecule has 28 heavy (non-hydrogen) atoms. The highest BCUT2D eigenvalue weighted by atomic mass is 127. The van der Waals surface area contributed by atoms with E-state index in [1.165, 1.54) is 0 Å². The maximum atomic E-state index is 12.5. The minimum Gasteiger partial charge on any atom is -0.394 e. The maximum Gasteiger partial charge on any atom is 0.297 e. The van der Waals surface area contributed by atoms with Crippen molar-refractivity contribution in [2.45, 2.75) is 12.2 Å². The fraction of sp³-hybridized carbons (Fsp3) is 0.429. The van der Waals surface area contributed by atoms with Crippen molar-refractivity contribution in [2.24, 2.45) is 0 Å². The highest BCUT2D eigenvalue weighted by Gasteiger charge is 2.33. The van der Waals surface area contributed by atoms with Gasteiger partial charge in [-0.05, 0) is 67.8 Å². The van der Waals surface area contributed by atoms with Gasteiger partial charge in [-0.15, -0.1) is 0 Å². The van der Waals surface area contributed by atoms with Gasteiger partial charge in [0.1, 0.15) is 7.14 Å². The molecule has 0 radical (unpaired) electrons. The van der Waals surface area contributed by atoms with Gasteiger partial charge in [0.25, 0.3) is 17.5 Å². The molecule has 0 saturated heterocycles. The van der Waals surface area contributed by atoms with Crippen molar-refractivity contribution in [3.05, 3.63) is 32.0 Å². The number of halogens is 3. The highest BCUT2D eigenvalue weighted by molar-refractivity contribution is 14.1. The normalized spacial score (nSPS) is 13.0. The number of amides is 2. The molecule has 1 rings (SSSR count). The fourth-order valence-corrected chi connectivity index (χ4v) is 6.48. The van der Waals surface area contributed by atoms with Crippen LogP contribution in [0.25, 0.3) is 0 Å². The summed E-state index contributed by atoms with van der Waals surface area (Å²) < 4.78 is 0.169. The molecule has 0 spiro atoms. The smallest absolute Gasteiger partial charge is 0.297 e. The van der Waals surface area contributed by atoms with Gasteiger partial charge in [-0.3, -0.25) is 19.7 Å². The molecule has 1 aromatic carbocycles. The Bertz CT molecular complexity index is 724. The van der Waals surface area contributed by atoms with Crippen molar-refractivity contribution >= 4 is 85.3 Å². The van der Waals surface area contributed by atoms with Crippen LogP contribution < -0.4 is 10.6 Å². The third kappa shape index (κ3) is 6.29. The van der Waals surface area contributed by atoms with Crippen LogP contribution >= 0.6 is 67.8 Å². The van der Waals surface area contributed by atoms with Crippen LogP contribution in [0.2, 0.25) is 0 Å². The molecule has 1 aromatic rings. The fourth-order valence-electron chi connectivity index (χ4n) is 1.94. The van der Waals surface area contributed by atoms with Crippen molar-refractivity contribution in [2.75, 3.05) is 26.3 Å². The SMILES string of the molecule is O=C(NCC(O)CO)c1c(I)c(C(=O)NCC(O)CO)c(I)c([N+](=O)[O-])c1I. The molecule has 14 heteroatoms. The molecular formula is C14H16I3N3O8. The lowest BCUT2D eigenvalue weighted by molar-refractivity contribution is -0.386. The summed E-state index contributed by atoms with van der Waals surface area (Å²) in [4.78, 5) is 35.9. The van der Waals surface area contributed by atoms with Gasteiger partial charge >= 0.3 is 0 Å². The largest absolute Gasteiger partial charge is 0.394 e. The van der Waals surface area contributed by atoms with Crippen LogP contribution in [0.1, 0.15) is 20.7 Å². The first-order chi connectivity index (χ1) is 13.1. The Morgan fingerprint density at radius 2 is 1.25 bits per heavy atom. The van der Waals surface area contributed by atoms with E-state index in [1.54, 1.807) is 67.8 Å². The van der Waals surface area contributed by atoms with Crippen molar-refractivity contribution in [3.8, 4) is 0 Å². The van der Waals surface area contributed by atoms with Crippen molar-refractivity contribution < 1.29 is 34.9 Å². The minimum atomic E-state index is -1.21. The Morgan fingerprint density at radius 3 is 1.54 bits per heavy atom. The van der Waals surface area contributed by atoms with Crippen molar-refractivity contribution in [1.29, 1.82) is 0 Å². The van der Waals surface area contributed by atoms with Crippen LogP contribution in [0.3, 0.4) is 0 Å². The lowest BCUT2D eigenvalue weighted by atomic mass is 10.1. The van der Waals surface area contributed by atoms with Gasteiger partial charge in [0, 0.05) is 16.7 Å². The first kappa shape index (κ1) is 25.6. The third-order valence-corrected chi connectivity index (χ3v) is 6.53. The topological polar surface area (TPSA) is 182 Å². The number of benzene rings is 1. The van der Waals surface area contributed by atoms with Crippen LogP contribution in [-0.4, -0.2) is 75.7 Å². The molecule has 11 nitrogen and oxygen atoms in total. The lowest BCUT2D eigenvalue weighted by Gasteiger charge is -2.16. The molecule has 6 N–H and O–H groups in total. The Balaban J connectivity index is 3.44. The average Bonchev–Trinajstić information content (AvgIpc) is 2.63. The summed E-state index contributed by atoms with van der Waals surface area (Å²) >= 11 is 4.99. The number of rotatable bonds is 9. The number of nitrogens with zero attached hydrogens (tertiary/aromatic N) is 1. The summed E-state index contributed by atoms with van der Waals surface area (Å²) in [5.74, 6) is -1.52. The predicted molar refractivity (Wildman–Crippen MR) is 122 cm³/mol. The van der Waals surface area contributed by atoms with Gasteiger partial charge in [0.2, 0.25) is 0 Å². The van der Waals surface area contributed by atoms with Crippen molar-refractivity contribution in [3.63, 3.8) is 0 Å². The molecule has 0 aliphatic carbocycles. The quantitative estimate of drug-likeness (QED) is 0.112. The minimum absolute atomic E-state index is 0.0133. The molecule has 2 atom stereocenters. The number of nitro groups is 1. The Kier molecular flexibility index (Phi) is 10.7. The molecule has 2 unspecified atom stereocenters. The maximum absolute atomic E-state index is 12.5. The molecule has 0 saturated carbocycles. The summed E-state index contributed by atoms with van der Waals surface area (Å²) in [5, 5.41) is 52.7. The van der Waals surface area contributed by atoms with E-state index in [-0.39, 0.29) is 34.9 Å². The zero-order valence-electron chi connectivity index (χ0n) is 14.0. The molecule has 156 valence electrons. The van der Waals surface area contributed by atoms with Crippen LogP contribution in [0, 0.1) is 20.8 Å². The highest BCUT2D eigenvalue weighted by Crippen LogP contribution is 2.36. The first-order valence-corrected chi connectivity index (χ1v) is 10.8. The van der Waals surface area contributed by atoms with Gasteiger partial charge in [0.05, 0.1) is 41.5 Å². The van der Waals surface area contributed by atoms with Crippen molar-refractivity contribution in [1.82, 2.24) is 10.6 Å². The van der Waals surface area contributed by atoms with E-state index >= 15 is 0 Å². The third-order valence-electron chi connectivity index (χ3n) is 3.35. The number of aliphatic hydroxyl groups excluding tert-OH is 4. The monoisotopic (exact) mass is 735 g/mol. The van der Waals surface area contributed by atoms with Crippen LogP contribution in [0.15, 0.2) is 0 Å². The summed E-state index contributed by atoms with van der Waals surface area (Å²) in [6, 6.07) is 0. The Labute approximate surface area is 199 Å². The van der Waals surface area contributed by atoms with E-state index in [2.05, 4.69) is 10.6 Å². The van der Waals surface area contributed by atoms with Gasteiger partial charge in [-0.2, -0.15) is 0 Å². The van der Waals surface area contributed by atoms with Gasteiger partial charge in [0.15, 0.2) is 0 Å².